The van der Waals surface area contributed by atoms with Crippen molar-refractivity contribution in [2.24, 2.45) is 5.92 Å². The van der Waals surface area contributed by atoms with Gasteiger partial charge in [0.05, 0.1) is 17.0 Å². The first-order valence-corrected chi connectivity index (χ1v) is 18.0. The molecule has 0 fully saturated rings. The summed E-state index contributed by atoms with van der Waals surface area (Å²) >= 11 is 0. The van der Waals surface area contributed by atoms with E-state index in [4.69, 9.17) is 23.7 Å². The number of ether oxygens (including phenoxy) is 5. The molecule has 3 aromatic rings. The molecule has 3 aromatic carbocycles. The number of hydrogen-bond donors (Lipinski definition) is 2. The highest BCUT2D eigenvalue weighted by Crippen LogP contribution is 2.35. The SMILES string of the molecule is CCOC(CCN(C(=O)O)[C@@H](Cc1ccc(OCc2ccccc2)cc1)[C@@H](O)CN(CC(C)C)S(=O)(=O)c1ccc2c(c1)OCO2)OCC. The Morgan fingerprint density at radius 3 is 2.20 bits per heavy atom. The van der Waals surface area contributed by atoms with Crippen LogP contribution in [0.25, 0.3) is 0 Å². The summed E-state index contributed by atoms with van der Waals surface area (Å²) in [5, 5.41) is 22.3. The molecule has 49 heavy (non-hydrogen) atoms. The zero-order chi connectivity index (χ0) is 35.4. The number of sulfonamides is 1. The molecule has 0 radical (unpaired) electrons. The molecular formula is C36H48N2O10S. The highest BCUT2D eigenvalue weighted by atomic mass is 32.2. The Morgan fingerprint density at radius 1 is 0.898 bits per heavy atom. The number of nitrogens with zero attached hydrogens (tertiary/aromatic N) is 2. The summed E-state index contributed by atoms with van der Waals surface area (Å²) in [4.78, 5) is 13.9. The molecule has 1 aliphatic heterocycles. The van der Waals surface area contributed by atoms with Crippen molar-refractivity contribution >= 4 is 16.1 Å². The number of amides is 1. The molecule has 0 saturated carbocycles. The molecule has 0 saturated heterocycles. The van der Waals surface area contributed by atoms with E-state index < -0.39 is 34.6 Å². The van der Waals surface area contributed by atoms with Gasteiger partial charge in [0.2, 0.25) is 16.8 Å². The first-order valence-electron chi connectivity index (χ1n) is 16.6. The van der Waals surface area contributed by atoms with E-state index in [0.717, 1.165) is 16.0 Å². The molecule has 0 spiro atoms. The fourth-order valence-electron chi connectivity index (χ4n) is 5.59. The van der Waals surface area contributed by atoms with Gasteiger partial charge >= 0.3 is 6.09 Å². The topological polar surface area (TPSA) is 144 Å². The van der Waals surface area contributed by atoms with Crippen LogP contribution in [0.5, 0.6) is 17.2 Å². The molecule has 4 rings (SSSR count). The van der Waals surface area contributed by atoms with E-state index in [1.165, 1.54) is 22.5 Å². The van der Waals surface area contributed by atoms with Crippen LogP contribution in [-0.4, -0.2) is 92.0 Å². The van der Waals surface area contributed by atoms with Gasteiger partial charge in [-0.15, -0.1) is 0 Å². The van der Waals surface area contributed by atoms with E-state index in [9.17, 15) is 23.4 Å². The smallest absolute Gasteiger partial charge is 0.407 e. The van der Waals surface area contributed by atoms with Crippen molar-refractivity contribution in [1.82, 2.24) is 9.21 Å². The second-order valence-corrected chi connectivity index (χ2v) is 14.0. The van der Waals surface area contributed by atoms with Crippen molar-refractivity contribution < 1.29 is 47.1 Å². The maximum absolute atomic E-state index is 14.0. The van der Waals surface area contributed by atoms with E-state index in [1.807, 2.05) is 70.2 Å². The summed E-state index contributed by atoms with van der Waals surface area (Å²) in [6, 6.07) is 20.3. The van der Waals surface area contributed by atoms with E-state index in [-0.39, 0.29) is 50.1 Å². The number of aliphatic hydroxyl groups excluding tert-OH is 1. The molecule has 1 heterocycles. The van der Waals surface area contributed by atoms with Gasteiger partial charge in [0.25, 0.3) is 0 Å². The summed E-state index contributed by atoms with van der Waals surface area (Å²) in [5.74, 6) is 1.30. The van der Waals surface area contributed by atoms with Crippen molar-refractivity contribution in [2.75, 3.05) is 39.6 Å². The first-order chi connectivity index (χ1) is 23.5. The van der Waals surface area contributed by atoms with Crippen LogP contribution in [0.2, 0.25) is 0 Å². The molecule has 268 valence electrons. The molecule has 2 atom stereocenters. The zero-order valence-electron chi connectivity index (χ0n) is 28.6. The van der Waals surface area contributed by atoms with Gasteiger partial charge in [-0.3, -0.25) is 0 Å². The number of carboxylic acid groups (broad SMARTS) is 1. The Bertz CT molecular complexity index is 1560. The highest BCUT2D eigenvalue weighted by Gasteiger charge is 2.36. The van der Waals surface area contributed by atoms with Gasteiger partial charge in [0.1, 0.15) is 12.4 Å². The van der Waals surface area contributed by atoms with E-state index >= 15 is 0 Å². The van der Waals surface area contributed by atoms with Crippen LogP contribution in [0, 0.1) is 5.92 Å². The molecule has 0 aromatic heterocycles. The molecule has 0 bridgehead atoms. The van der Waals surface area contributed by atoms with E-state index in [1.54, 1.807) is 12.1 Å². The fourth-order valence-corrected chi connectivity index (χ4v) is 7.22. The van der Waals surface area contributed by atoms with Crippen molar-refractivity contribution in [3.63, 3.8) is 0 Å². The number of aliphatic hydroxyl groups is 1. The van der Waals surface area contributed by atoms with Gasteiger partial charge in [-0.2, -0.15) is 4.31 Å². The Labute approximate surface area is 289 Å². The Balaban J connectivity index is 1.60. The summed E-state index contributed by atoms with van der Waals surface area (Å²) < 4.78 is 57.2. The number of hydrogen-bond acceptors (Lipinski definition) is 9. The highest BCUT2D eigenvalue weighted by molar-refractivity contribution is 7.89. The Kier molecular flexibility index (Phi) is 14.1. The lowest BCUT2D eigenvalue weighted by Crippen LogP contribution is -2.53. The number of fused-ring (bicyclic) bond motifs is 1. The minimum atomic E-state index is -4.13. The third-order valence-electron chi connectivity index (χ3n) is 7.96. The van der Waals surface area contributed by atoms with Gasteiger partial charge in [-0.1, -0.05) is 56.3 Å². The number of benzene rings is 3. The maximum Gasteiger partial charge on any atom is 0.407 e. The Morgan fingerprint density at radius 2 is 1.57 bits per heavy atom. The van der Waals surface area contributed by atoms with Crippen LogP contribution >= 0.6 is 0 Å². The van der Waals surface area contributed by atoms with Crippen LogP contribution in [-0.2, 0) is 32.5 Å². The second kappa shape index (κ2) is 18.2. The van der Waals surface area contributed by atoms with Crippen molar-refractivity contribution in [2.45, 2.75) is 70.5 Å². The molecule has 13 heteroatoms. The summed E-state index contributed by atoms with van der Waals surface area (Å²) in [5.41, 5.74) is 1.76. The molecular weight excluding hydrogens is 652 g/mol. The maximum atomic E-state index is 14.0. The zero-order valence-corrected chi connectivity index (χ0v) is 29.4. The largest absolute Gasteiger partial charge is 0.489 e. The van der Waals surface area contributed by atoms with Gasteiger partial charge < -0.3 is 38.8 Å². The van der Waals surface area contributed by atoms with Crippen LogP contribution in [0.3, 0.4) is 0 Å². The van der Waals surface area contributed by atoms with Crippen molar-refractivity contribution in [3.05, 3.63) is 83.9 Å². The fraction of sp³-hybridized carbons (Fsp3) is 0.472. The van der Waals surface area contributed by atoms with Crippen LogP contribution in [0.4, 0.5) is 4.79 Å². The van der Waals surface area contributed by atoms with E-state index in [2.05, 4.69) is 0 Å². The summed E-state index contributed by atoms with van der Waals surface area (Å²) in [7, 11) is -4.13. The molecule has 1 aliphatic rings. The average molecular weight is 701 g/mol. The van der Waals surface area contributed by atoms with Gasteiger partial charge in [0.15, 0.2) is 17.8 Å². The molecule has 1 amide bonds. The quantitative estimate of drug-likeness (QED) is 0.147. The van der Waals surface area contributed by atoms with Gasteiger partial charge in [0, 0.05) is 45.3 Å². The third kappa shape index (κ3) is 10.8. The van der Waals surface area contributed by atoms with Crippen LogP contribution in [0.1, 0.15) is 45.2 Å². The average Bonchev–Trinajstić information content (AvgIpc) is 3.56. The molecule has 0 unspecified atom stereocenters. The second-order valence-electron chi connectivity index (χ2n) is 12.1. The normalized spacial score (nSPS) is 14.0. The summed E-state index contributed by atoms with van der Waals surface area (Å²) in [6.07, 6.45) is -2.97. The van der Waals surface area contributed by atoms with Crippen LogP contribution in [0.15, 0.2) is 77.7 Å². The molecule has 12 nitrogen and oxygen atoms in total. The van der Waals surface area contributed by atoms with Crippen molar-refractivity contribution in [1.29, 1.82) is 0 Å². The number of carbonyl (C=O) groups is 1. The van der Waals surface area contributed by atoms with Gasteiger partial charge in [-0.25, -0.2) is 13.2 Å². The standard InChI is InChI=1S/C36H48N2O10S/c1-5-44-35(45-6-2)18-19-38(36(40)41)31(20-27-12-14-29(15-13-27)46-24-28-10-8-7-9-11-28)32(39)23-37(22-26(3)4)49(42,43)30-16-17-33-34(21-30)48-25-47-33/h7-17,21,26,31-32,35,39H,5-6,18-20,22-25H2,1-4H3,(H,40,41)/t31-,32-/m0/s1. The van der Waals surface area contributed by atoms with Crippen molar-refractivity contribution in [3.8, 4) is 17.2 Å². The lowest BCUT2D eigenvalue weighted by atomic mass is 9.99. The predicted octanol–water partition coefficient (Wildman–Crippen LogP) is 5.38. The molecule has 2 N–H and O–H groups in total. The monoisotopic (exact) mass is 700 g/mol. The lowest BCUT2D eigenvalue weighted by Gasteiger charge is -2.36. The molecule has 0 aliphatic carbocycles. The number of rotatable bonds is 20. The van der Waals surface area contributed by atoms with Gasteiger partial charge in [-0.05, 0) is 61.6 Å². The predicted molar refractivity (Wildman–Crippen MR) is 183 cm³/mol. The van der Waals surface area contributed by atoms with E-state index in [0.29, 0.717) is 37.1 Å². The van der Waals surface area contributed by atoms with Crippen LogP contribution < -0.4 is 14.2 Å². The first kappa shape index (κ1) is 37.9. The third-order valence-corrected chi connectivity index (χ3v) is 9.79. The Hall–Kier alpha value is -3.88. The minimum absolute atomic E-state index is 0.00641. The lowest BCUT2D eigenvalue weighted by molar-refractivity contribution is -0.142. The summed E-state index contributed by atoms with van der Waals surface area (Å²) in [6.45, 7) is 8.27. The minimum Gasteiger partial charge on any atom is -0.489 e.